The van der Waals surface area contributed by atoms with Gasteiger partial charge in [0, 0.05) is 33.2 Å². The molecule has 0 saturated carbocycles. The number of likely N-dealkylation sites (N-methyl/N-ethyl adjacent to an activating group) is 1. The second-order valence-electron chi connectivity index (χ2n) is 4.76. The average molecular weight is 263 g/mol. The van der Waals surface area contributed by atoms with Crippen LogP contribution in [0, 0.1) is 0 Å². The van der Waals surface area contributed by atoms with Gasteiger partial charge in [0.2, 0.25) is 5.91 Å². The monoisotopic (exact) mass is 263 g/mol. The van der Waals surface area contributed by atoms with Crippen LogP contribution in [-0.2, 0) is 11.3 Å². The third kappa shape index (κ3) is 3.68. The first-order valence-electron chi connectivity index (χ1n) is 6.52. The second-order valence-corrected chi connectivity index (χ2v) is 4.76. The van der Waals surface area contributed by atoms with Crippen LogP contribution in [0.5, 0.6) is 5.75 Å². The van der Waals surface area contributed by atoms with Gasteiger partial charge in [-0.25, -0.2) is 0 Å². The van der Waals surface area contributed by atoms with Crippen molar-refractivity contribution < 1.29 is 9.53 Å². The SMILES string of the molecule is COc1cccc(CN(C)C(=O)C2CNCCN2)c1. The Labute approximate surface area is 113 Å². The molecular weight excluding hydrogens is 242 g/mol. The van der Waals surface area contributed by atoms with E-state index in [-0.39, 0.29) is 11.9 Å². The highest BCUT2D eigenvalue weighted by Gasteiger charge is 2.23. The molecule has 1 unspecified atom stereocenters. The van der Waals surface area contributed by atoms with E-state index in [0.717, 1.165) is 24.4 Å². The Morgan fingerprint density at radius 1 is 1.47 bits per heavy atom. The highest BCUT2D eigenvalue weighted by molar-refractivity contribution is 5.82. The predicted molar refractivity (Wildman–Crippen MR) is 74.1 cm³/mol. The van der Waals surface area contributed by atoms with Crippen molar-refractivity contribution in [3.63, 3.8) is 0 Å². The molecular formula is C14H21N3O2. The molecule has 1 saturated heterocycles. The van der Waals surface area contributed by atoms with Gasteiger partial charge in [0.05, 0.1) is 13.2 Å². The van der Waals surface area contributed by atoms with Crippen molar-refractivity contribution in [1.82, 2.24) is 15.5 Å². The maximum atomic E-state index is 12.2. The summed E-state index contributed by atoms with van der Waals surface area (Å²) in [6.45, 7) is 3.04. The van der Waals surface area contributed by atoms with Gasteiger partial charge >= 0.3 is 0 Å². The average Bonchev–Trinajstić information content (AvgIpc) is 2.47. The lowest BCUT2D eigenvalue weighted by molar-refractivity contribution is -0.132. The number of carbonyl (C=O) groups is 1. The summed E-state index contributed by atoms with van der Waals surface area (Å²) in [7, 11) is 3.48. The van der Waals surface area contributed by atoms with E-state index in [4.69, 9.17) is 4.74 Å². The fourth-order valence-electron chi connectivity index (χ4n) is 2.22. The summed E-state index contributed by atoms with van der Waals surface area (Å²) in [4.78, 5) is 14.0. The minimum atomic E-state index is -0.121. The predicted octanol–water partition coefficient (Wildman–Crippen LogP) is 0.215. The molecule has 1 aliphatic heterocycles. The number of hydrogen-bond donors (Lipinski definition) is 2. The minimum Gasteiger partial charge on any atom is -0.497 e. The van der Waals surface area contributed by atoms with Crippen LogP contribution in [0.2, 0.25) is 0 Å². The van der Waals surface area contributed by atoms with Gasteiger partial charge in [-0.3, -0.25) is 4.79 Å². The maximum Gasteiger partial charge on any atom is 0.241 e. The molecule has 0 radical (unpaired) electrons. The third-order valence-corrected chi connectivity index (χ3v) is 3.27. The molecule has 5 nitrogen and oxygen atoms in total. The quantitative estimate of drug-likeness (QED) is 0.816. The van der Waals surface area contributed by atoms with Crippen molar-refractivity contribution in [2.24, 2.45) is 0 Å². The van der Waals surface area contributed by atoms with Crippen molar-refractivity contribution in [2.45, 2.75) is 12.6 Å². The van der Waals surface area contributed by atoms with E-state index < -0.39 is 0 Å². The van der Waals surface area contributed by atoms with Crippen LogP contribution in [0.15, 0.2) is 24.3 Å². The van der Waals surface area contributed by atoms with Crippen LogP contribution in [0.1, 0.15) is 5.56 Å². The van der Waals surface area contributed by atoms with Crippen LogP contribution in [0.3, 0.4) is 0 Å². The maximum absolute atomic E-state index is 12.2. The normalized spacial score (nSPS) is 18.9. The molecule has 2 N–H and O–H groups in total. The molecule has 0 spiro atoms. The molecule has 1 amide bonds. The zero-order valence-electron chi connectivity index (χ0n) is 11.5. The van der Waals surface area contributed by atoms with E-state index in [1.54, 1.807) is 12.0 Å². The number of amides is 1. The topological polar surface area (TPSA) is 53.6 Å². The minimum absolute atomic E-state index is 0.120. The lowest BCUT2D eigenvalue weighted by atomic mass is 10.1. The number of ether oxygens (including phenoxy) is 1. The lowest BCUT2D eigenvalue weighted by Gasteiger charge is -2.28. The highest BCUT2D eigenvalue weighted by Crippen LogP contribution is 2.14. The highest BCUT2D eigenvalue weighted by atomic mass is 16.5. The number of benzene rings is 1. The number of nitrogens with one attached hydrogen (secondary N) is 2. The third-order valence-electron chi connectivity index (χ3n) is 3.27. The van der Waals surface area contributed by atoms with Gasteiger partial charge in [-0.2, -0.15) is 0 Å². The number of methoxy groups -OCH3 is 1. The molecule has 1 atom stereocenters. The Morgan fingerprint density at radius 2 is 2.32 bits per heavy atom. The molecule has 1 heterocycles. The Kier molecular flexibility index (Phi) is 4.76. The van der Waals surface area contributed by atoms with Crippen LogP contribution in [0.4, 0.5) is 0 Å². The van der Waals surface area contributed by atoms with E-state index in [0.29, 0.717) is 13.1 Å². The Hall–Kier alpha value is -1.59. The van der Waals surface area contributed by atoms with E-state index in [1.165, 1.54) is 0 Å². The van der Waals surface area contributed by atoms with Crippen molar-refractivity contribution >= 4 is 5.91 Å². The molecule has 19 heavy (non-hydrogen) atoms. The van der Waals surface area contributed by atoms with Crippen LogP contribution in [-0.4, -0.2) is 50.6 Å². The summed E-state index contributed by atoms with van der Waals surface area (Å²) in [5.74, 6) is 0.936. The molecule has 5 heteroatoms. The Balaban J connectivity index is 1.95. The molecule has 1 fully saturated rings. The zero-order chi connectivity index (χ0) is 13.7. The fourth-order valence-corrected chi connectivity index (χ4v) is 2.22. The molecule has 0 aliphatic carbocycles. The van der Waals surface area contributed by atoms with E-state index >= 15 is 0 Å². The molecule has 0 bridgehead atoms. The van der Waals surface area contributed by atoms with Crippen LogP contribution < -0.4 is 15.4 Å². The van der Waals surface area contributed by atoms with Crippen molar-refractivity contribution in [1.29, 1.82) is 0 Å². The molecule has 1 aliphatic rings. The largest absolute Gasteiger partial charge is 0.497 e. The first kappa shape index (κ1) is 13.8. The number of hydrogen-bond acceptors (Lipinski definition) is 4. The van der Waals surface area contributed by atoms with Gasteiger partial charge in [-0.05, 0) is 17.7 Å². The van der Waals surface area contributed by atoms with Gasteiger partial charge in [-0.15, -0.1) is 0 Å². The second kappa shape index (κ2) is 6.54. The summed E-state index contributed by atoms with van der Waals surface area (Å²) >= 11 is 0. The summed E-state index contributed by atoms with van der Waals surface area (Å²) < 4.78 is 5.19. The number of rotatable bonds is 4. The fraction of sp³-hybridized carbons (Fsp3) is 0.500. The first-order chi connectivity index (χ1) is 9.20. The molecule has 2 rings (SSSR count). The Morgan fingerprint density at radius 3 is 3.00 bits per heavy atom. The standard InChI is InChI=1S/C14H21N3O2/c1-17(14(18)13-9-15-6-7-16-13)10-11-4-3-5-12(8-11)19-2/h3-5,8,13,15-16H,6-7,9-10H2,1-2H3. The summed E-state index contributed by atoms with van der Waals surface area (Å²) in [6, 6.07) is 7.67. The van der Waals surface area contributed by atoms with Gasteiger partial charge in [0.1, 0.15) is 5.75 Å². The van der Waals surface area contributed by atoms with Gasteiger partial charge in [0.25, 0.3) is 0 Å². The summed E-state index contributed by atoms with van der Waals surface area (Å²) in [5, 5.41) is 6.45. The number of piperazine rings is 1. The molecule has 104 valence electrons. The van der Waals surface area contributed by atoms with Crippen LogP contribution in [0.25, 0.3) is 0 Å². The lowest BCUT2D eigenvalue weighted by Crippen LogP contribution is -2.55. The van der Waals surface area contributed by atoms with Gasteiger partial charge in [-0.1, -0.05) is 12.1 Å². The van der Waals surface area contributed by atoms with Gasteiger partial charge < -0.3 is 20.3 Å². The van der Waals surface area contributed by atoms with E-state index in [2.05, 4.69) is 10.6 Å². The number of nitrogens with zero attached hydrogens (tertiary/aromatic N) is 1. The van der Waals surface area contributed by atoms with Crippen LogP contribution >= 0.6 is 0 Å². The zero-order valence-corrected chi connectivity index (χ0v) is 11.5. The van der Waals surface area contributed by atoms with Crippen molar-refractivity contribution in [3.8, 4) is 5.75 Å². The van der Waals surface area contributed by atoms with Crippen molar-refractivity contribution in [3.05, 3.63) is 29.8 Å². The molecule has 1 aromatic carbocycles. The molecule has 0 aromatic heterocycles. The van der Waals surface area contributed by atoms with E-state index in [1.807, 2.05) is 31.3 Å². The van der Waals surface area contributed by atoms with Gasteiger partial charge in [0.15, 0.2) is 0 Å². The van der Waals surface area contributed by atoms with E-state index in [9.17, 15) is 4.79 Å². The summed E-state index contributed by atoms with van der Waals surface area (Å²) in [5.41, 5.74) is 1.07. The number of carbonyl (C=O) groups excluding carboxylic acids is 1. The molecule has 1 aromatic rings. The summed E-state index contributed by atoms with van der Waals surface area (Å²) in [6.07, 6.45) is 0. The smallest absolute Gasteiger partial charge is 0.241 e. The Bertz CT molecular complexity index is 430. The van der Waals surface area contributed by atoms with Crippen molar-refractivity contribution in [2.75, 3.05) is 33.8 Å². The first-order valence-corrected chi connectivity index (χ1v) is 6.52.